The first kappa shape index (κ1) is 17.7. The van der Waals surface area contributed by atoms with Gasteiger partial charge in [-0.2, -0.15) is 0 Å². The first-order chi connectivity index (χ1) is 11.3. The van der Waals surface area contributed by atoms with E-state index in [9.17, 15) is 0 Å². The minimum atomic E-state index is 0.343. The minimum absolute atomic E-state index is 0.343. The molecule has 2 N–H and O–H groups in total. The largest absolute Gasteiger partial charge is 0.347 e. The lowest BCUT2D eigenvalue weighted by Gasteiger charge is -2.16. The van der Waals surface area contributed by atoms with Gasteiger partial charge in [-0.1, -0.05) is 76.3 Å². The summed E-state index contributed by atoms with van der Waals surface area (Å²) in [5, 5.41) is 3.68. The van der Waals surface area contributed by atoms with Crippen molar-refractivity contribution in [3.63, 3.8) is 0 Å². The van der Waals surface area contributed by atoms with E-state index in [2.05, 4.69) is 48.4 Å². The summed E-state index contributed by atoms with van der Waals surface area (Å²) >= 11 is 0. The van der Waals surface area contributed by atoms with Crippen molar-refractivity contribution in [3.05, 3.63) is 42.4 Å². The molecule has 1 aromatic carbocycles. The van der Waals surface area contributed by atoms with E-state index in [1.54, 1.807) is 0 Å². The Labute approximate surface area is 140 Å². The van der Waals surface area contributed by atoms with Gasteiger partial charge in [0.1, 0.15) is 5.82 Å². The maximum absolute atomic E-state index is 4.84. The number of H-pyrrole nitrogens is 1. The van der Waals surface area contributed by atoms with E-state index in [4.69, 9.17) is 4.98 Å². The average Bonchev–Trinajstić information content (AvgIpc) is 3.08. The standard InChI is InChI=1S/C20H31N3/c1-3-5-7-11-14-18(21-15-6-4-2)20-22-16-19(23-20)17-12-9-8-10-13-17/h8-10,12-13,16,18,21H,3-7,11,14-15H2,1-2H3,(H,22,23). The summed E-state index contributed by atoms with van der Waals surface area (Å²) < 4.78 is 0. The van der Waals surface area contributed by atoms with E-state index >= 15 is 0 Å². The Morgan fingerprint density at radius 3 is 2.52 bits per heavy atom. The van der Waals surface area contributed by atoms with Crippen molar-refractivity contribution in [3.8, 4) is 11.3 Å². The van der Waals surface area contributed by atoms with Crippen molar-refractivity contribution in [1.82, 2.24) is 15.3 Å². The van der Waals surface area contributed by atoms with Crippen molar-refractivity contribution < 1.29 is 0 Å². The monoisotopic (exact) mass is 313 g/mol. The molecule has 23 heavy (non-hydrogen) atoms. The number of nitrogens with one attached hydrogen (secondary N) is 2. The van der Waals surface area contributed by atoms with Crippen LogP contribution in [0, 0.1) is 0 Å². The van der Waals surface area contributed by atoms with Gasteiger partial charge in [-0.05, 0) is 19.4 Å². The molecule has 0 bridgehead atoms. The van der Waals surface area contributed by atoms with Crippen LogP contribution in [0.15, 0.2) is 36.5 Å². The first-order valence-electron chi connectivity index (χ1n) is 9.19. The molecule has 2 aromatic rings. The van der Waals surface area contributed by atoms with Gasteiger partial charge in [0.2, 0.25) is 0 Å². The molecule has 3 heteroatoms. The molecule has 0 aliphatic heterocycles. The smallest absolute Gasteiger partial charge is 0.124 e. The number of aromatic amines is 1. The van der Waals surface area contributed by atoms with Crippen LogP contribution in [0.25, 0.3) is 11.3 Å². The number of aromatic nitrogens is 2. The highest BCUT2D eigenvalue weighted by atomic mass is 15.0. The predicted octanol–water partition coefficient (Wildman–Crippen LogP) is 5.48. The zero-order valence-electron chi connectivity index (χ0n) is 14.6. The Kier molecular flexibility index (Phi) is 7.88. The van der Waals surface area contributed by atoms with Gasteiger partial charge in [-0.25, -0.2) is 4.98 Å². The fourth-order valence-electron chi connectivity index (χ4n) is 2.84. The quantitative estimate of drug-likeness (QED) is 0.539. The molecule has 0 radical (unpaired) electrons. The molecule has 126 valence electrons. The summed E-state index contributed by atoms with van der Waals surface area (Å²) in [5.74, 6) is 1.08. The van der Waals surface area contributed by atoms with E-state index in [1.165, 1.54) is 44.1 Å². The predicted molar refractivity (Wildman–Crippen MR) is 98.4 cm³/mol. The number of rotatable bonds is 11. The maximum atomic E-state index is 4.84. The van der Waals surface area contributed by atoms with Crippen LogP contribution < -0.4 is 5.32 Å². The molecule has 0 aliphatic carbocycles. The molecule has 1 unspecified atom stereocenters. The highest BCUT2D eigenvalue weighted by Crippen LogP contribution is 2.22. The molecule has 0 amide bonds. The van der Waals surface area contributed by atoms with Gasteiger partial charge in [0.25, 0.3) is 0 Å². The average molecular weight is 313 g/mol. The van der Waals surface area contributed by atoms with Gasteiger partial charge in [0, 0.05) is 11.8 Å². The van der Waals surface area contributed by atoms with Crippen molar-refractivity contribution >= 4 is 0 Å². The molecule has 0 saturated carbocycles. The number of hydrogen-bond acceptors (Lipinski definition) is 2. The van der Waals surface area contributed by atoms with Crippen LogP contribution in [0.3, 0.4) is 0 Å². The molecule has 2 rings (SSSR count). The Bertz CT molecular complexity index is 533. The van der Waals surface area contributed by atoms with Gasteiger partial charge in [0.15, 0.2) is 0 Å². The lowest BCUT2D eigenvalue weighted by Crippen LogP contribution is -2.23. The molecule has 0 spiro atoms. The summed E-state index contributed by atoms with van der Waals surface area (Å²) in [5.41, 5.74) is 2.21. The normalized spacial score (nSPS) is 12.4. The maximum Gasteiger partial charge on any atom is 0.124 e. The highest BCUT2D eigenvalue weighted by Gasteiger charge is 2.14. The van der Waals surface area contributed by atoms with Gasteiger partial charge in [-0.3, -0.25) is 0 Å². The van der Waals surface area contributed by atoms with Gasteiger partial charge in [-0.15, -0.1) is 0 Å². The third kappa shape index (κ3) is 5.83. The number of nitrogens with zero attached hydrogens (tertiary/aromatic N) is 1. The van der Waals surface area contributed by atoms with E-state index < -0.39 is 0 Å². The van der Waals surface area contributed by atoms with E-state index in [-0.39, 0.29) is 0 Å². The summed E-state index contributed by atoms with van der Waals surface area (Å²) in [7, 11) is 0. The second kappa shape index (κ2) is 10.2. The summed E-state index contributed by atoms with van der Waals surface area (Å²) in [4.78, 5) is 8.24. The number of hydrogen-bond donors (Lipinski definition) is 2. The summed E-state index contributed by atoms with van der Waals surface area (Å²) in [6, 6.07) is 10.7. The topological polar surface area (TPSA) is 40.7 Å². The summed E-state index contributed by atoms with van der Waals surface area (Å²) in [6.07, 6.45) is 10.8. The van der Waals surface area contributed by atoms with Crippen LogP contribution in [0.4, 0.5) is 0 Å². The first-order valence-corrected chi connectivity index (χ1v) is 9.19. The second-order valence-electron chi connectivity index (χ2n) is 6.25. The lowest BCUT2D eigenvalue weighted by atomic mass is 10.1. The van der Waals surface area contributed by atoms with Crippen molar-refractivity contribution in [2.75, 3.05) is 6.54 Å². The van der Waals surface area contributed by atoms with Crippen molar-refractivity contribution in [1.29, 1.82) is 0 Å². The molecular weight excluding hydrogens is 282 g/mol. The molecule has 1 aromatic heterocycles. The number of unbranched alkanes of at least 4 members (excludes halogenated alkanes) is 4. The van der Waals surface area contributed by atoms with Crippen molar-refractivity contribution in [2.24, 2.45) is 0 Å². The Morgan fingerprint density at radius 2 is 1.78 bits per heavy atom. The van der Waals surface area contributed by atoms with Gasteiger partial charge >= 0.3 is 0 Å². The van der Waals surface area contributed by atoms with Gasteiger partial charge in [0.05, 0.1) is 11.7 Å². The second-order valence-corrected chi connectivity index (χ2v) is 6.25. The molecule has 0 aliphatic rings. The molecule has 3 nitrogen and oxygen atoms in total. The van der Waals surface area contributed by atoms with Crippen molar-refractivity contribution in [2.45, 2.75) is 64.8 Å². The Hall–Kier alpha value is -1.61. The van der Waals surface area contributed by atoms with E-state index in [0.29, 0.717) is 6.04 Å². The SMILES string of the molecule is CCCCCCC(NCCCC)c1nc(-c2ccccc2)c[nH]1. The molecule has 1 atom stereocenters. The molecular formula is C20H31N3. The molecule has 1 heterocycles. The van der Waals surface area contributed by atoms with E-state index in [1.807, 2.05) is 12.3 Å². The molecule has 0 saturated heterocycles. The van der Waals surface area contributed by atoms with Crippen LogP contribution >= 0.6 is 0 Å². The summed E-state index contributed by atoms with van der Waals surface area (Å²) in [6.45, 7) is 5.56. The van der Waals surface area contributed by atoms with Crippen LogP contribution in [-0.2, 0) is 0 Å². The zero-order valence-corrected chi connectivity index (χ0v) is 14.6. The fraction of sp³-hybridized carbons (Fsp3) is 0.550. The van der Waals surface area contributed by atoms with E-state index in [0.717, 1.165) is 24.5 Å². The Balaban J connectivity index is 2.00. The minimum Gasteiger partial charge on any atom is -0.347 e. The third-order valence-electron chi connectivity index (χ3n) is 4.26. The highest BCUT2D eigenvalue weighted by molar-refractivity contribution is 5.58. The lowest BCUT2D eigenvalue weighted by molar-refractivity contribution is 0.449. The van der Waals surface area contributed by atoms with Crippen LogP contribution in [0.2, 0.25) is 0 Å². The number of benzene rings is 1. The number of imidazole rings is 1. The van der Waals surface area contributed by atoms with Gasteiger partial charge < -0.3 is 10.3 Å². The van der Waals surface area contributed by atoms with Crippen LogP contribution in [0.1, 0.15) is 70.7 Å². The Morgan fingerprint density at radius 1 is 1.00 bits per heavy atom. The third-order valence-corrected chi connectivity index (χ3v) is 4.26. The molecule has 0 fully saturated rings. The van der Waals surface area contributed by atoms with Crippen LogP contribution in [0.5, 0.6) is 0 Å². The zero-order chi connectivity index (χ0) is 16.3. The fourth-order valence-corrected chi connectivity index (χ4v) is 2.84. The van der Waals surface area contributed by atoms with Crippen LogP contribution in [-0.4, -0.2) is 16.5 Å².